The maximum Gasteiger partial charge on any atom is 0.240 e. The van der Waals surface area contributed by atoms with E-state index in [-0.39, 0.29) is 17.7 Å². The summed E-state index contributed by atoms with van der Waals surface area (Å²) >= 11 is 3.31. The van der Waals surface area contributed by atoms with Crippen LogP contribution in [-0.4, -0.2) is 16.1 Å². The molecule has 0 aromatic heterocycles. The number of anilines is 2. The Morgan fingerprint density at radius 2 is 1.79 bits per heavy atom. The van der Waals surface area contributed by atoms with Crippen LogP contribution >= 0.6 is 15.9 Å². The summed E-state index contributed by atoms with van der Waals surface area (Å²) in [6.07, 6.45) is 1.94. The van der Waals surface area contributed by atoms with E-state index in [9.17, 15) is 9.59 Å². The lowest BCUT2D eigenvalue weighted by molar-refractivity contribution is -0.118. The number of hydrogen-bond acceptors (Lipinski definition) is 2. The highest BCUT2D eigenvalue weighted by Crippen LogP contribution is 2.30. The first-order valence-electron chi connectivity index (χ1n) is 6.27. The van der Waals surface area contributed by atoms with Gasteiger partial charge in [0.25, 0.3) is 0 Å². The lowest BCUT2D eigenvalue weighted by Crippen LogP contribution is -2.30. The summed E-state index contributed by atoms with van der Waals surface area (Å²) in [6.45, 7) is 3.56. The van der Waals surface area contributed by atoms with Crippen LogP contribution in [-0.2, 0) is 9.59 Å². The average molecular weight is 325 g/mol. The van der Waals surface area contributed by atoms with Crippen LogP contribution in [0.4, 0.5) is 11.4 Å². The number of hydrogen-bond donors (Lipinski definition) is 2. The van der Waals surface area contributed by atoms with Crippen LogP contribution < -0.4 is 10.6 Å². The zero-order valence-corrected chi connectivity index (χ0v) is 12.6. The zero-order chi connectivity index (χ0) is 14.0. The Morgan fingerprint density at radius 3 is 2.32 bits per heavy atom. The smallest absolute Gasteiger partial charge is 0.240 e. The molecule has 5 heteroatoms. The molecular weight excluding hydrogens is 308 g/mol. The summed E-state index contributed by atoms with van der Waals surface area (Å²) in [6, 6.07) is 7.18. The van der Waals surface area contributed by atoms with Crippen molar-refractivity contribution in [2.24, 2.45) is 5.92 Å². The fourth-order valence-electron chi connectivity index (χ4n) is 1.54. The SMILES string of the molecule is CC(C)(Br)C(=O)Nc1cccc(NC(=O)C2CC2)c1. The Bertz CT molecular complexity index is 504. The van der Waals surface area contributed by atoms with E-state index in [0.717, 1.165) is 12.8 Å². The molecule has 0 bridgehead atoms. The summed E-state index contributed by atoms with van der Waals surface area (Å²) in [4.78, 5) is 23.5. The van der Waals surface area contributed by atoms with Crippen LogP contribution in [0.2, 0.25) is 0 Å². The molecule has 1 aliphatic rings. The van der Waals surface area contributed by atoms with Crippen molar-refractivity contribution in [2.75, 3.05) is 10.6 Å². The highest BCUT2D eigenvalue weighted by atomic mass is 79.9. The van der Waals surface area contributed by atoms with E-state index in [1.807, 2.05) is 6.07 Å². The Labute approximate surface area is 121 Å². The summed E-state index contributed by atoms with van der Waals surface area (Å²) in [5.74, 6) is 0.0992. The number of nitrogens with one attached hydrogen (secondary N) is 2. The lowest BCUT2D eigenvalue weighted by Gasteiger charge is -2.16. The predicted octanol–water partition coefficient (Wildman–Crippen LogP) is 3.15. The lowest BCUT2D eigenvalue weighted by atomic mass is 10.2. The second kappa shape index (κ2) is 5.33. The van der Waals surface area contributed by atoms with Gasteiger partial charge in [-0.3, -0.25) is 9.59 Å². The van der Waals surface area contributed by atoms with E-state index in [4.69, 9.17) is 0 Å². The molecule has 0 unspecified atom stereocenters. The number of alkyl halides is 1. The normalized spacial score (nSPS) is 14.9. The largest absolute Gasteiger partial charge is 0.326 e. The molecule has 0 aliphatic heterocycles. The summed E-state index contributed by atoms with van der Waals surface area (Å²) < 4.78 is -0.625. The molecule has 2 N–H and O–H groups in total. The highest BCUT2D eigenvalue weighted by Gasteiger charge is 2.29. The van der Waals surface area contributed by atoms with Crippen molar-refractivity contribution in [1.29, 1.82) is 0 Å². The maximum absolute atomic E-state index is 11.8. The number of benzene rings is 1. The van der Waals surface area contributed by atoms with E-state index in [1.54, 1.807) is 32.0 Å². The molecule has 1 aromatic rings. The van der Waals surface area contributed by atoms with E-state index < -0.39 is 4.32 Å². The third kappa shape index (κ3) is 4.06. The van der Waals surface area contributed by atoms with Gasteiger partial charge in [-0.05, 0) is 44.9 Å². The number of carbonyl (C=O) groups is 2. The van der Waals surface area contributed by atoms with Gasteiger partial charge in [-0.2, -0.15) is 0 Å². The Hall–Kier alpha value is -1.36. The number of halogens is 1. The van der Waals surface area contributed by atoms with E-state index in [1.165, 1.54) is 0 Å². The minimum atomic E-state index is -0.625. The first kappa shape index (κ1) is 14.1. The van der Waals surface area contributed by atoms with Crippen LogP contribution in [0.15, 0.2) is 24.3 Å². The van der Waals surface area contributed by atoms with Gasteiger partial charge >= 0.3 is 0 Å². The summed E-state index contributed by atoms with van der Waals surface area (Å²) in [7, 11) is 0. The second-order valence-corrected chi connectivity index (χ2v) is 7.25. The minimum Gasteiger partial charge on any atom is -0.326 e. The van der Waals surface area contributed by atoms with E-state index in [2.05, 4.69) is 26.6 Å². The molecule has 2 rings (SSSR count). The van der Waals surface area contributed by atoms with Crippen molar-refractivity contribution < 1.29 is 9.59 Å². The van der Waals surface area contributed by atoms with Crippen LogP contribution in [0.25, 0.3) is 0 Å². The third-order valence-electron chi connectivity index (χ3n) is 2.88. The molecule has 19 heavy (non-hydrogen) atoms. The van der Waals surface area contributed by atoms with Gasteiger partial charge in [0.05, 0.1) is 4.32 Å². The Kier molecular flexibility index (Phi) is 3.94. The van der Waals surface area contributed by atoms with Crippen molar-refractivity contribution in [2.45, 2.75) is 31.0 Å². The first-order valence-corrected chi connectivity index (χ1v) is 7.07. The fraction of sp³-hybridized carbons (Fsp3) is 0.429. The van der Waals surface area contributed by atoms with Gasteiger partial charge in [0.15, 0.2) is 0 Å². The molecule has 0 radical (unpaired) electrons. The second-order valence-electron chi connectivity index (χ2n) is 5.27. The first-order chi connectivity index (χ1) is 8.86. The number of rotatable bonds is 4. The quantitative estimate of drug-likeness (QED) is 0.836. The van der Waals surface area contributed by atoms with E-state index in [0.29, 0.717) is 11.4 Å². The maximum atomic E-state index is 11.8. The minimum absolute atomic E-state index is 0.0595. The highest BCUT2D eigenvalue weighted by molar-refractivity contribution is 9.10. The standard InChI is InChI=1S/C14H17BrN2O2/c1-14(2,15)13(19)17-11-5-3-4-10(8-11)16-12(18)9-6-7-9/h3-5,8-9H,6-7H2,1-2H3,(H,16,18)(H,17,19). The van der Waals surface area contributed by atoms with E-state index >= 15 is 0 Å². The molecule has 0 saturated heterocycles. The van der Waals surface area contributed by atoms with Gasteiger partial charge in [-0.1, -0.05) is 22.0 Å². The summed E-state index contributed by atoms with van der Waals surface area (Å²) in [5.41, 5.74) is 1.38. The molecular formula is C14H17BrN2O2. The molecule has 1 saturated carbocycles. The molecule has 102 valence electrons. The summed E-state index contributed by atoms with van der Waals surface area (Å²) in [5, 5.41) is 5.66. The Morgan fingerprint density at radius 1 is 1.21 bits per heavy atom. The monoisotopic (exact) mass is 324 g/mol. The van der Waals surface area contributed by atoms with Gasteiger partial charge < -0.3 is 10.6 Å². The van der Waals surface area contributed by atoms with Crippen LogP contribution in [0.3, 0.4) is 0 Å². The van der Waals surface area contributed by atoms with Gasteiger partial charge in [0.1, 0.15) is 0 Å². The Balaban J connectivity index is 2.02. The molecule has 1 aromatic carbocycles. The molecule has 0 heterocycles. The third-order valence-corrected chi connectivity index (χ3v) is 3.24. The van der Waals surface area contributed by atoms with Crippen molar-refractivity contribution in [3.05, 3.63) is 24.3 Å². The number of amides is 2. The topological polar surface area (TPSA) is 58.2 Å². The van der Waals surface area contributed by atoms with Crippen LogP contribution in [0.1, 0.15) is 26.7 Å². The molecule has 1 aliphatic carbocycles. The van der Waals surface area contributed by atoms with Crippen molar-refractivity contribution in [1.82, 2.24) is 0 Å². The molecule has 2 amide bonds. The van der Waals surface area contributed by atoms with Gasteiger partial charge in [-0.25, -0.2) is 0 Å². The average Bonchev–Trinajstić information content (AvgIpc) is 3.11. The van der Waals surface area contributed by atoms with Gasteiger partial charge in [-0.15, -0.1) is 0 Å². The van der Waals surface area contributed by atoms with Gasteiger partial charge in [0, 0.05) is 17.3 Å². The zero-order valence-electron chi connectivity index (χ0n) is 11.0. The molecule has 0 spiro atoms. The van der Waals surface area contributed by atoms with Gasteiger partial charge in [0.2, 0.25) is 11.8 Å². The van der Waals surface area contributed by atoms with Crippen molar-refractivity contribution in [3.8, 4) is 0 Å². The predicted molar refractivity (Wildman–Crippen MR) is 79.4 cm³/mol. The molecule has 1 fully saturated rings. The van der Waals surface area contributed by atoms with Crippen LogP contribution in [0, 0.1) is 5.92 Å². The van der Waals surface area contributed by atoms with Crippen molar-refractivity contribution >= 4 is 39.1 Å². The fourth-order valence-corrected chi connectivity index (χ4v) is 1.64. The molecule has 4 nitrogen and oxygen atoms in total. The van der Waals surface area contributed by atoms with Crippen LogP contribution in [0.5, 0.6) is 0 Å². The van der Waals surface area contributed by atoms with Crippen molar-refractivity contribution in [3.63, 3.8) is 0 Å². The number of carbonyl (C=O) groups excluding carboxylic acids is 2. The molecule has 0 atom stereocenters.